The number of nitrogens with one attached hydrogen (secondary N) is 1. The lowest BCUT2D eigenvalue weighted by Gasteiger charge is -2.07. The van der Waals surface area contributed by atoms with E-state index in [1.54, 1.807) is 32.7 Å². The maximum Gasteiger partial charge on any atom is 0.232 e. The van der Waals surface area contributed by atoms with Crippen molar-refractivity contribution in [3.05, 3.63) is 29.0 Å². The smallest absolute Gasteiger partial charge is 0.232 e. The molecule has 7 heteroatoms. The Morgan fingerprint density at radius 2 is 1.94 bits per heavy atom. The molecule has 0 atom stereocenters. The lowest BCUT2D eigenvalue weighted by atomic mass is 10.4. The maximum absolute atomic E-state index is 5.09. The summed E-state index contributed by atoms with van der Waals surface area (Å²) in [5.41, 5.74) is 0.764. The number of aromatic nitrogens is 3. The minimum absolute atomic E-state index is 0.432. The molecule has 6 nitrogen and oxygen atoms in total. The highest BCUT2D eigenvalue weighted by Crippen LogP contribution is 2.23. The van der Waals surface area contributed by atoms with Crippen molar-refractivity contribution >= 4 is 27.6 Å². The van der Waals surface area contributed by atoms with Gasteiger partial charge in [-0.25, -0.2) is 9.97 Å². The number of anilines is 2. The van der Waals surface area contributed by atoms with Gasteiger partial charge >= 0.3 is 0 Å². The van der Waals surface area contributed by atoms with Gasteiger partial charge in [-0.15, -0.1) is 0 Å². The standard InChI is InChI=1S/C11H11BrN4O2/c1-17-9-4-3-7(5-13-9)15-11-14-6-8(12)10(16-11)18-2/h3-6H,1-2H3,(H,14,15,16). The molecule has 0 fully saturated rings. The van der Waals surface area contributed by atoms with E-state index in [4.69, 9.17) is 9.47 Å². The van der Waals surface area contributed by atoms with Crippen molar-refractivity contribution in [2.24, 2.45) is 0 Å². The molecule has 0 saturated carbocycles. The van der Waals surface area contributed by atoms with Crippen LogP contribution in [0.5, 0.6) is 11.8 Å². The second kappa shape index (κ2) is 5.63. The van der Waals surface area contributed by atoms with Crippen molar-refractivity contribution in [2.75, 3.05) is 19.5 Å². The van der Waals surface area contributed by atoms with E-state index in [-0.39, 0.29) is 0 Å². The van der Waals surface area contributed by atoms with Crippen molar-refractivity contribution in [2.45, 2.75) is 0 Å². The summed E-state index contributed by atoms with van der Waals surface area (Å²) in [6.45, 7) is 0. The zero-order chi connectivity index (χ0) is 13.0. The van der Waals surface area contributed by atoms with Crippen LogP contribution in [0.25, 0.3) is 0 Å². The molecule has 0 aliphatic heterocycles. The first-order chi connectivity index (χ1) is 8.72. The Kier molecular flexibility index (Phi) is 3.93. The fourth-order valence-electron chi connectivity index (χ4n) is 1.26. The minimum atomic E-state index is 0.432. The molecule has 2 aromatic heterocycles. The van der Waals surface area contributed by atoms with Gasteiger partial charge in [0.2, 0.25) is 17.7 Å². The molecule has 0 aromatic carbocycles. The molecule has 2 heterocycles. The molecule has 0 amide bonds. The minimum Gasteiger partial charge on any atom is -0.481 e. The van der Waals surface area contributed by atoms with E-state index in [2.05, 4.69) is 36.2 Å². The van der Waals surface area contributed by atoms with Gasteiger partial charge in [0.1, 0.15) is 0 Å². The molecule has 18 heavy (non-hydrogen) atoms. The van der Waals surface area contributed by atoms with Crippen LogP contribution in [-0.2, 0) is 0 Å². The van der Waals surface area contributed by atoms with Gasteiger partial charge < -0.3 is 14.8 Å². The second-order valence-corrected chi connectivity index (χ2v) is 4.12. The molecule has 0 bridgehead atoms. The maximum atomic E-state index is 5.09. The molecule has 0 aliphatic rings. The number of methoxy groups -OCH3 is 2. The summed E-state index contributed by atoms with van der Waals surface area (Å²) in [6.07, 6.45) is 3.25. The van der Waals surface area contributed by atoms with E-state index in [1.807, 2.05) is 6.07 Å². The van der Waals surface area contributed by atoms with Gasteiger partial charge in [0.05, 0.1) is 36.8 Å². The molecule has 0 radical (unpaired) electrons. The van der Waals surface area contributed by atoms with Crippen molar-refractivity contribution < 1.29 is 9.47 Å². The van der Waals surface area contributed by atoms with Crippen LogP contribution in [0.15, 0.2) is 29.0 Å². The van der Waals surface area contributed by atoms with E-state index in [1.165, 1.54) is 0 Å². The number of hydrogen-bond acceptors (Lipinski definition) is 6. The topological polar surface area (TPSA) is 69.2 Å². The lowest BCUT2D eigenvalue weighted by Crippen LogP contribution is -2.00. The summed E-state index contributed by atoms with van der Waals surface area (Å²) in [6, 6.07) is 3.57. The predicted molar refractivity (Wildman–Crippen MR) is 70.4 cm³/mol. The summed E-state index contributed by atoms with van der Waals surface area (Å²) < 4.78 is 10.8. The molecule has 0 saturated heterocycles. The van der Waals surface area contributed by atoms with E-state index in [9.17, 15) is 0 Å². The molecule has 94 valence electrons. The number of nitrogens with zero attached hydrogens (tertiary/aromatic N) is 3. The van der Waals surface area contributed by atoms with Crippen LogP contribution in [0.2, 0.25) is 0 Å². The van der Waals surface area contributed by atoms with Crippen molar-refractivity contribution in [3.63, 3.8) is 0 Å². The van der Waals surface area contributed by atoms with Crippen LogP contribution >= 0.6 is 15.9 Å². The normalized spacial score (nSPS) is 9.94. The quantitative estimate of drug-likeness (QED) is 0.935. The Morgan fingerprint density at radius 3 is 2.56 bits per heavy atom. The lowest BCUT2D eigenvalue weighted by molar-refractivity contribution is 0.394. The average Bonchev–Trinajstić information content (AvgIpc) is 2.42. The third-order valence-corrected chi connectivity index (χ3v) is 2.65. The van der Waals surface area contributed by atoms with Crippen molar-refractivity contribution in [1.82, 2.24) is 15.0 Å². The van der Waals surface area contributed by atoms with Crippen LogP contribution < -0.4 is 14.8 Å². The number of halogens is 1. The molecular weight excluding hydrogens is 300 g/mol. The number of rotatable bonds is 4. The SMILES string of the molecule is COc1ccc(Nc2ncc(Br)c(OC)n2)cn1. The summed E-state index contributed by atoms with van der Waals surface area (Å²) >= 11 is 3.29. The predicted octanol–water partition coefficient (Wildman–Crippen LogP) is 2.39. The van der Waals surface area contributed by atoms with Gasteiger partial charge in [-0.3, -0.25) is 0 Å². The summed E-state index contributed by atoms with van der Waals surface area (Å²) in [5.74, 6) is 1.45. The highest BCUT2D eigenvalue weighted by molar-refractivity contribution is 9.10. The highest BCUT2D eigenvalue weighted by Gasteiger charge is 2.05. The van der Waals surface area contributed by atoms with E-state index in [0.29, 0.717) is 22.2 Å². The Bertz CT molecular complexity index is 533. The zero-order valence-corrected chi connectivity index (χ0v) is 11.4. The summed E-state index contributed by atoms with van der Waals surface area (Å²) in [5, 5.41) is 3.02. The van der Waals surface area contributed by atoms with Crippen LogP contribution in [0.1, 0.15) is 0 Å². The molecule has 0 aliphatic carbocycles. The van der Waals surface area contributed by atoms with Crippen molar-refractivity contribution in [3.8, 4) is 11.8 Å². The fourth-order valence-corrected chi connectivity index (χ4v) is 1.61. The third-order valence-electron chi connectivity index (χ3n) is 2.11. The van der Waals surface area contributed by atoms with Gasteiger partial charge in [0, 0.05) is 6.07 Å². The van der Waals surface area contributed by atoms with E-state index in [0.717, 1.165) is 5.69 Å². The first-order valence-electron chi connectivity index (χ1n) is 5.06. The van der Waals surface area contributed by atoms with Gasteiger partial charge in [-0.05, 0) is 22.0 Å². The number of pyridine rings is 1. The van der Waals surface area contributed by atoms with Crippen LogP contribution in [-0.4, -0.2) is 29.2 Å². The van der Waals surface area contributed by atoms with Crippen LogP contribution in [0.3, 0.4) is 0 Å². The monoisotopic (exact) mass is 310 g/mol. The molecule has 2 aromatic rings. The number of ether oxygens (including phenoxy) is 2. The Hall–Kier alpha value is -1.89. The summed E-state index contributed by atoms with van der Waals surface area (Å²) in [4.78, 5) is 12.4. The fraction of sp³-hybridized carbons (Fsp3) is 0.182. The molecule has 2 rings (SSSR count). The highest BCUT2D eigenvalue weighted by atomic mass is 79.9. The third kappa shape index (κ3) is 2.86. The largest absolute Gasteiger partial charge is 0.481 e. The first-order valence-corrected chi connectivity index (χ1v) is 5.86. The van der Waals surface area contributed by atoms with Gasteiger partial charge in [0.25, 0.3) is 0 Å². The number of hydrogen-bond donors (Lipinski definition) is 1. The Balaban J connectivity index is 2.17. The zero-order valence-electron chi connectivity index (χ0n) is 9.85. The molecule has 0 spiro atoms. The molecule has 1 N–H and O–H groups in total. The van der Waals surface area contributed by atoms with Gasteiger partial charge in [-0.2, -0.15) is 4.98 Å². The second-order valence-electron chi connectivity index (χ2n) is 3.27. The molecule has 0 unspecified atom stereocenters. The first kappa shape index (κ1) is 12.6. The van der Waals surface area contributed by atoms with Gasteiger partial charge in [0.15, 0.2) is 0 Å². The van der Waals surface area contributed by atoms with Gasteiger partial charge in [-0.1, -0.05) is 0 Å². The average molecular weight is 311 g/mol. The molecular formula is C11H11BrN4O2. The van der Waals surface area contributed by atoms with E-state index >= 15 is 0 Å². The van der Waals surface area contributed by atoms with E-state index < -0.39 is 0 Å². The Morgan fingerprint density at radius 1 is 1.11 bits per heavy atom. The van der Waals surface area contributed by atoms with Crippen molar-refractivity contribution in [1.29, 1.82) is 0 Å². The van der Waals surface area contributed by atoms with Crippen LogP contribution in [0, 0.1) is 0 Å². The van der Waals surface area contributed by atoms with Crippen LogP contribution in [0.4, 0.5) is 11.6 Å². The summed E-state index contributed by atoms with van der Waals surface area (Å²) in [7, 11) is 3.12. The Labute approximate surface area is 113 Å².